The third kappa shape index (κ3) is 2.68. The van der Waals surface area contributed by atoms with Crippen LogP contribution < -0.4 is 11.5 Å². The number of hydrogen-bond acceptors (Lipinski definition) is 3. The van der Waals surface area contributed by atoms with Gasteiger partial charge in [-0.15, -0.1) is 0 Å². The van der Waals surface area contributed by atoms with Gasteiger partial charge in [-0.3, -0.25) is 0 Å². The maximum absolute atomic E-state index is 12.8. The van der Waals surface area contributed by atoms with Crippen molar-refractivity contribution in [2.45, 2.75) is 18.9 Å². The van der Waals surface area contributed by atoms with E-state index in [4.69, 9.17) is 11.5 Å². The predicted molar refractivity (Wildman–Crippen MR) is 53.3 cm³/mol. The summed E-state index contributed by atoms with van der Waals surface area (Å²) in [6.45, 7) is 0.545. The van der Waals surface area contributed by atoms with Crippen molar-refractivity contribution in [2.24, 2.45) is 11.5 Å². The average molecular weight is 198 g/mol. The smallest absolute Gasteiger partial charge is 0.123 e. The van der Waals surface area contributed by atoms with Crippen LogP contribution in [-0.4, -0.2) is 11.7 Å². The summed E-state index contributed by atoms with van der Waals surface area (Å²) in [6.07, 6.45) is 1.41. The molecule has 1 aromatic carbocycles. The summed E-state index contributed by atoms with van der Waals surface area (Å²) in [4.78, 5) is 0. The van der Waals surface area contributed by atoms with Gasteiger partial charge in [0.15, 0.2) is 0 Å². The highest BCUT2D eigenvalue weighted by molar-refractivity contribution is 5.34. The summed E-state index contributed by atoms with van der Waals surface area (Å²) in [6, 6.07) is 3.42. The van der Waals surface area contributed by atoms with Crippen LogP contribution in [0.4, 0.5) is 4.39 Å². The standard InChI is InChI=1S/C10H15FN2O/c11-7-3-4-10(14)8(6-7)9(13)2-1-5-12/h3-4,6,9,14H,1-2,5,12-13H2/t9-/m1/s1. The van der Waals surface area contributed by atoms with E-state index in [1.807, 2.05) is 0 Å². The number of benzene rings is 1. The number of rotatable bonds is 4. The van der Waals surface area contributed by atoms with Crippen molar-refractivity contribution >= 4 is 0 Å². The molecule has 1 rings (SSSR count). The van der Waals surface area contributed by atoms with Gasteiger partial charge in [-0.1, -0.05) is 0 Å². The van der Waals surface area contributed by atoms with Crippen LogP contribution in [-0.2, 0) is 0 Å². The predicted octanol–water partition coefficient (Wildman–Crippen LogP) is 1.27. The van der Waals surface area contributed by atoms with Crippen molar-refractivity contribution in [2.75, 3.05) is 6.54 Å². The normalized spacial score (nSPS) is 12.8. The third-order valence-corrected chi connectivity index (χ3v) is 2.11. The van der Waals surface area contributed by atoms with Crippen molar-refractivity contribution in [3.63, 3.8) is 0 Å². The molecule has 0 unspecified atom stereocenters. The Morgan fingerprint density at radius 2 is 2.14 bits per heavy atom. The molecule has 0 saturated carbocycles. The van der Waals surface area contributed by atoms with Gasteiger partial charge in [0.1, 0.15) is 11.6 Å². The molecular weight excluding hydrogens is 183 g/mol. The van der Waals surface area contributed by atoms with Crippen LogP contribution in [0.15, 0.2) is 18.2 Å². The molecule has 0 amide bonds. The van der Waals surface area contributed by atoms with Gasteiger partial charge in [0.05, 0.1) is 0 Å². The summed E-state index contributed by atoms with van der Waals surface area (Å²) in [5.74, 6) is -0.350. The van der Waals surface area contributed by atoms with E-state index in [0.717, 1.165) is 6.42 Å². The second kappa shape index (κ2) is 4.93. The monoisotopic (exact) mass is 198 g/mol. The van der Waals surface area contributed by atoms with Gasteiger partial charge in [-0.05, 0) is 37.6 Å². The molecule has 0 spiro atoms. The fourth-order valence-electron chi connectivity index (χ4n) is 1.32. The van der Waals surface area contributed by atoms with E-state index in [1.54, 1.807) is 0 Å². The van der Waals surface area contributed by atoms with Gasteiger partial charge in [0, 0.05) is 11.6 Å². The number of phenols is 1. The first-order valence-corrected chi connectivity index (χ1v) is 4.59. The molecule has 0 bridgehead atoms. The van der Waals surface area contributed by atoms with E-state index in [0.29, 0.717) is 18.5 Å². The van der Waals surface area contributed by atoms with E-state index in [-0.39, 0.29) is 17.6 Å². The zero-order chi connectivity index (χ0) is 10.6. The zero-order valence-electron chi connectivity index (χ0n) is 7.91. The SMILES string of the molecule is NCCC[C@@H](N)c1cc(F)ccc1O. The maximum atomic E-state index is 12.8. The number of phenolic OH excluding ortho intramolecular Hbond substituents is 1. The Labute approximate surface area is 82.5 Å². The third-order valence-electron chi connectivity index (χ3n) is 2.11. The lowest BCUT2D eigenvalue weighted by Gasteiger charge is -2.12. The molecule has 5 N–H and O–H groups in total. The number of halogens is 1. The van der Waals surface area contributed by atoms with Gasteiger partial charge < -0.3 is 16.6 Å². The van der Waals surface area contributed by atoms with Crippen LogP contribution in [0.1, 0.15) is 24.4 Å². The second-order valence-electron chi connectivity index (χ2n) is 3.24. The second-order valence-corrected chi connectivity index (χ2v) is 3.24. The van der Waals surface area contributed by atoms with Gasteiger partial charge in [-0.25, -0.2) is 4.39 Å². The minimum absolute atomic E-state index is 0.0379. The quantitative estimate of drug-likeness (QED) is 0.682. The molecule has 0 aromatic heterocycles. The molecule has 0 saturated heterocycles. The first kappa shape index (κ1) is 10.9. The molecule has 3 nitrogen and oxygen atoms in total. The Balaban J connectivity index is 2.77. The van der Waals surface area contributed by atoms with Crippen LogP contribution in [0.25, 0.3) is 0 Å². The van der Waals surface area contributed by atoms with Crippen molar-refractivity contribution in [1.82, 2.24) is 0 Å². The molecule has 0 aliphatic carbocycles. The van der Waals surface area contributed by atoms with Gasteiger partial charge >= 0.3 is 0 Å². The minimum atomic E-state index is -0.388. The molecule has 0 fully saturated rings. The highest BCUT2D eigenvalue weighted by atomic mass is 19.1. The molecule has 0 radical (unpaired) electrons. The van der Waals surface area contributed by atoms with Gasteiger partial charge in [0.25, 0.3) is 0 Å². The first-order chi connectivity index (χ1) is 6.65. The van der Waals surface area contributed by atoms with Gasteiger partial charge in [0.2, 0.25) is 0 Å². The van der Waals surface area contributed by atoms with Crippen LogP contribution in [0, 0.1) is 5.82 Å². The topological polar surface area (TPSA) is 72.3 Å². The highest BCUT2D eigenvalue weighted by Gasteiger charge is 2.11. The lowest BCUT2D eigenvalue weighted by Crippen LogP contribution is -2.12. The Hall–Kier alpha value is -1.13. The Morgan fingerprint density at radius 1 is 1.43 bits per heavy atom. The van der Waals surface area contributed by atoms with E-state index < -0.39 is 0 Å². The Morgan fingerprint density at radius 3 is 2.79 bits per heavy atom. The summed E-state index contributed by atoms with van der Waals surface area (Å²) in [7, 11) is 0. The Kier molecular flexibility index (Phi) is 3.85. The fraction of sp³-hybridized carbons (Fsp3) is 0.400. The molecule has 0 heterocycles. The summed E-state index contributed by atoms with van der Waals surface area (Å²) < 4.78 is 12.8. The average Bonchev–Trinajstić information content (AvgIpc) is 2.18. The molecule has 78 valence electrons. The van der Waals surface area contributed by atoms with Crippen molar-refractivity contribution < 1.29 is 9.50 Å². The van der Waals surface area contributed by atoms with Gasteiger partial charge in [-0.2, -0.15) is 0 Å². The molecule has 0 aliphatic rings. The number of hydrogen-bond donors (Lipinski definition) is 3. The number of aromatic hydroxyl groups is 1. The van der Waals surface area contributed by atoms with Crippen molar-refractivity contribution in [3.8, 4) is 5.75 Å². The molecular formula is C10H15FN2O. The summed E-state index contributed by atoms with van der Waals surface area (Å²) in [5.41, 5.74) is 11.5. The van der Waals surface area contributed by atoms with Crippen LogP contribution in [0.3, 0.4) is 0 Å². The largest absolute Gasteiger partial charge is 0.508 e. The van der Waals surface area contributed by atoms with Crippen LogP contribution in [0.5, 0.6) is 5.75 Å². The van der Waals surface area contributed by atoms with E-state index in [2.05, 4.69) is 0 Å². The lowest BCUT2D eigenvalue weighted by atomic mass is 10.0. The van der Waals surface area contributed by atoms with Crippen molar-refractivity contribution in [1.29, 1.82) is 0 Å². The molecule has 4 heteroatoms. The Bertz CT molecular complexity index is 304. The number of nitrogens with two attached hydrogens (primary N) is 2. The van der Waals surface area contributed by atoms with Crippen molar-refractivity contribution in [3.05, 3.63) is 29.6 Å². The minimum Gasteiger partial charge on any atom is -0.508 e. The molecule has 1 atom stereocenters. The maximum Gasteiger partial charge on any atom is 0.123 e. The van der Waals surface area contributed by atoms with E-state index in [9.17, 15) is 9.50 Å². The molecule has 14 heavy (non-hydrogen) atoms. The zero-order valence-corrected chi connectivity index (χ0v) is 7.91. The van der Waals surface area contributed by atoms with E-state index >= 15 is 0 Å². The molecule has 0 aliphatic heterocycles. The van der Waals surface area contributed by atoms with E-state index in [1.165, 1.54) is 18.2 Å². The summed E-state index contributed by atoms with van der Waals surface area (Å²) >= 11 is 0. The fourth-order valence-corrected chi connectivity index (χ4v) is 1.32. The lowest BCUT2D eigenvalue weighted by molar-refractivity contribution is 0.454. The first-order valence-electron chi connectivity index (χ1n) is 4.59. The summed E-state index contributed by atoms with van der Waals surface area (Å²) in [5, 5.41) is 9.43. The molecule has 1 aromatic rings. The van der Waals surface area contributed by atoms with Crippen LogP contribution >= 0.6 is 0 Å². The highest BCUT2D eigenvalue weighted by Crippen LogP contribution is 2.25. The van der Waals surface area contributed by atoms with Crippen LogP contribution in [0.2, 0.25) is 0 Å².